The molecule has 0 aliphatic rings. The molecule has 0 bridgehead atoms. The Morgan fingerprint density at radius 3 is 1.39 bits per heavy atom. The summed E-state index contributed by atoms with van der Waals surface area (Å²) in [5.41, 5.74) is 14.0. The van der Waals surface area contributed by atoms with Crippen LogP contribution in [0, 0.1) is 0 Å². The Morgan fingerprint density at radius 1 is 0.258 bits per heavy atom. The van der Waals surface area contributed by atoms with Crippen LogP contribution in [0.1, 0.15) is 0 Å². The lowest BCUT2D eigenvalue weighted by Crippen LogP contribution is -2.09. The van der Waals surface area contributed by atoms with Gasteiger partial charge in [-0.15, -0.1) is 0 Å². The zero-order valence-corrected chi connectivity index (χ0v) is 36.1. The lowest BCUT2D eigenvalue weighted by Gasteiger charge is -2.26. The zero-order valence-electron chi connectivity index (χ0n) is 36.1. The molecule has 0 saturated carbocycles. The van der Waals surface area contributed by atoms with E-state index in [1.807, 2.05) is 0 Å². The number of anilines is 3. The monoisotopic (exact) mass is 838 g/mol. The summed E-state index contributed by atoms with van der Waals surface area (Å²) >= 11 is 0. The van der Waals surface area contributed by atoms with Crippen LogP contribution in [0.5, 0.6) is 0 Å². The van der Waals surface area contributed by atoms with Crippen LogP contribution in [0.3, 0.4) is 0 Å². The van der Waals surface area contributed by atoms with E-state index in [9.17, 15) is 0 Å². The quantitative estimate of drug-likeness (QED) is 0.145. The number of rotatable bonds is 7. The predicted molar refractivity (Wildman–Crippen MR) is 282 cm³/mol. The van der Waals surface area contributed by atoms with Gasteiger partial charge in [0.25, 0.3) is 0 Å². The van der Waals surface area contributed by atoms with Crippen molar-refractivity contribution in [2.45, 2.75) is 0 Å². The Bertz CT molecular complexity index is 3950. The van der Waals surface area contributed by atoms with E-state index in [1.165, 1.54) is 98.3 Å². The van der Waals surface area contributed by atoms with Crippen molar-refractivity contribution in [1.29, 1.82) is 0 Å². The van der Waals surface area contributed by atoms with Gasteiger partial charge in [0, 0.05) is 38.9 Å². The van der Waals surface area contributed by atoms with Crippen molar-refractivity contribution >= 4 is 82.0 Å². The molecule has 0 radical (unpaired) electrons. The molecule has 308 valence electrons. The maximum absolute atomic E-state index is 2.44. The predicted octanol–water partition coefficient (Wildman–Crippen LogP) is 17.9. The molecule has 12 aromatic carbocycles. The number of fused-ring (bicyclic) bond motifs is 9. The van der Waals surface area contributed by atoms with Gasteiger partial charge in [0.2, 0.25) is 0 Å². The van der Waals surface area contributed by atoms with Crippen LogP contribution in [0.2, 0.25) is 0 Å². The van der Waals surface area contributed by atoms with E-state index in [2.05, 4.69) is 264 Å². The van der Waals surface area contributed by atoms with E-state index in [4.69, 9.17) is 0 Å². The molecule has 0 aliphatic carbocycles. The molecule has 66 heavy (non-hydrogen) atoms. The SMILES string of the molecule is c1ccc(-n2c3cc(-c4ccc(N(c5ccc(-c6ccc7c(ccc8ccccc87)c6)cc5)c5ccc(-c6cccc7ccccc67)cc5)cc4)ccc3c3ccc4ccccc4c32)cc1. The van der Waals surface area contributed by atoms with Crippen LogP contribution in [0.4, 0.5) is 17.1 Å². The Morgan fingerprint density at radius 2 is 0.712 bits per heavy atom. The molecule has 0 N–H and O–H groups in total. The lowest BCUT2D eigenvalue weighted by molar-refractivity contribution is 1.19. The molecular weight excluding hydrogens is 797 g/mol. The van der Waals surface area contributed by atoms with Crippen molar-refractivity contribution in [1.82, 2.24) is 4.57 Å². The number of hydrogen-bond donors (Lipinski definition) is 0. The average Bonchev–Trinajstić information content (AvgIpc) is 3.73. The first-order chi connectivity index (χ1) is 32.7. The molecule has 2 nitrogen and oxygen atoms in total. The highest BCUT2D eigenvalue weighted by Gasteiger charge is 2.18. The zero-order chi connectivity index (χ0) is 43.6. The van der Waals surface area contributed by atoms with E-state index >= 15 is 0 Å². The first-order valence-electron chi connectivity index (χ1n) is 22.7. The maximum Gasteiger partial charge on any atom is 0.0619 e. The number of hydrogen-bond acceptors (Lipinski definition) is 1. The summed E-state index contributed by atoms with van der Waals surface area (Å²) in [6.45, 7) is 0. The van der Waals surface area contributed by atoms with E-state index in [-0.39, 0.29) is 0 Å². The van der Waals surface area contributed by atoms with Gasteiger partial charge in [0.1, 0.15) is 0 Å². The number of aromatic nitrogens is 1. The second-order valence-electron chi connectivity index (χ2n) is 17.3. The van der Waals surface area contributed by atoms with Gasteiger partial charge in [-0.2, -0.15) is 0 Å². The molecule has 0 spiro atoms. The molecule has 0 atom stereocenters. The second-order valence-corrected chi connectivity index (χ2v) is 17.3. The van der Waals surface area contributed by atoms with Gasteiger partial charge in [-0.1, -0.05) is 194 Å². The van der Waals surface area contributed by atoms with Crippen molar-refractivity contribution < 1.29 is 0 Å². The minimum atomic E-state index is 1.09. The van der Waals surface area contributed by atoms with Crippen molar-refractivity contribution in [2.24, 2.45) is 0 Å². The third-order valence-corrected chi connectivity index (χ3v) is 13.6. The van der Waals surface area contributed by atoms with E-state index in [0.717, 1.165) is 22.7 Å². The topological polar surface area (TPSA) is 8.17 Å². The lowest BCUT2D eigenvalue weighted by atomic mass is 9.97. The van der Waals surface area contributed by atoms with Crippen LogP contribution < -0.4 is 4.90 Å². The van der Waals surface area contributed by atoms with Gasteiger partial charge < -0.3 is 9.47 Å². The largest absolute Gasteiger partial charge is 0.311 e. The molecule has 13 rings (SSSR count). The summed E-state index contributed by atoms with van der Waals surface area (Å²) in [5, 5.41) is 12.6. The fourth-order valence-electron chi connectivity index (χ4n) is 10.3. The van der Waals surface area contributed by atoms with Gasteiger partial charge in [-0.3, -0.25) is 0 Å². The Labute approximate surface area is 383 Å². The third-order valence-electron chi connectivity index (χ3n) is 13.6. The highest BCUT2D eigenvalue weighted by atomic mass is 15.1. The molecule has 13 aromatic rings. The summed E-state index contributed by atoms with van der Waals surface area (Å²) in [6.07, 6.45) is 0. The first kappa shape index (κ1) is 37.8. The van der Waals surface area contributed by atoms with Crippen LogP contribution in [-0.4, -0.2) is 4.57 Å². The molecule has 0 unspecified atom stereocenters. The standard InChI is InChI=1S/C64H42N2/c1-2-15-52(16-3-1)66-63-42-50(31-39-61(63)62-40-29-47-13-6-9-19-60(47)64(62)66)44-25-34-54(35-26-44)65(55-36-27-48(28-37-55)58-20-10-14-45-11-4-7-17-56(45)58)53-32-23-43(24-33-53)49-30-38-59-51(41-49)22-21-46-12-5-8-18-57(46)59/h1-42H. The van der Waals surface area contributed by atoms with E-state index in [0.29, 0.717) is 0 Å². The highest BCUT2D eigenvalue weighted by molar-refractivity contribution is 6.19. The fraction of sp³-hybridized carbons (Fsp3) is 0. The summed E-state index contributed by atoms with van der Waals surface area (Å²) in [5.74, 6) is 0. The smallest absolute Gasteiger partial charge is 0.0619 e. The van der Waals surface area contributed by atoms with Crippen LogP contribution in [0.25, 0.3) is 104 Å². The summed E-state index contributed by atoms with van der Waals surface area (Å²) in [7, 11) is 0. The molecule has 0 aliphatic heterocycles. The Kier molecular flexibility index (Phi) is 8.89. The van der Waals surface area contributed by atoms with Gasteiger partial charge in [-0.05, 0) is 132 Å². The van der Waals surface area contributed by atoms with Gasteiger partial charge in [-0.25, -0.2) is 0 Å². The van der Waals surface area contributed by atoms with E-state index < -0.39 is 0 Å². The fourth-order valence-corrected chi connectivity index (χ4v) is 10.3. The van der Waals surface area contributed by atoms with Gasteiger partial charge in [0.05, 0.1) is 11.0 Å². The van der Waals surface area contributed by atoms with Crippen molar-refractivity contribution in [2.75, 3.05) is 4.90 Å². The Balaban J connectivity index is 0.900. The minimum Gasteiger partial charge on any atom is -0.311 e. The molecule has 0 saturated heterocycles. The molecule has 1 aromatic heterocycles. The number of nitrogens with zero attached hydrogens (tertiary/aromatic N) is 2. The average molecular weight is 839 g/mol. The van der Waals surface area contributed by atoms with Crippen molar-refractivity contribution in [3.8, 4) is 39.1 Å². The van der Waals surface area contributed by atoms with Gasteiger partial charge in [0.15, 0.2) is 0 Å². The number of para-hydroxylation sites is 1. The van der Waals surface area contributed by atoms with Crippen LogP contribution >= 0.6 is 0 Å². The van der Waals surface area contributed by atoms with Crippen molar-refractivity contribution in [3.63, 3.8) is 0 Å². The number of benzene rings is 12. The summed E-state index contributed by atoms with van der Waals surface area (Å²) in [4.78, 5) is 2.37. The molecule has 1 heterocycles. The first-order valence-corrected chi connectivity index (χ1v) is 22.7. The highest BCUT2D eigenvalue weighted by Crippen LogP contribution is 2.41. The maximum atomic E-state index is 2.44. The summed E-state index contributed by atoms with van der Waals surface area (Å²) in [6, 6.07) is 93.2. The Hall–Kier alpha value is -8.72. The molecule has 2 heteroatoms. The summed E-state index contributed by atoms with van der Waals surface area (Å²) < 4.78 is 2.44. The minimum absolute atomic E-state index is 1.09. The van der Waals surface area contributed by atoms with Crippen molar-refractivity contribution in [3.05, 3.63) is 255 Å². The molecule has 0 fully saturated rings. The normalized spacial score (nSPS) is 11.6. The molecular formula is C64H42N2. The second kappa shape index (κ2) is 15.5. The molecule has 0 amide bonds. The van der Waals surface area contributed by atoms with E-state index in [1.54, 1.807) is 0 Å². The van der Waals surface area contributed by atoms with Crippen LogP contribution in [0.15, 0.2) is 255 Å². The van der Waals surface area contributed by atoms with Gasteiger partial charge >= 0.3 is 0 Å². The van der Waals surface area contributed by atoms with Crippen LogP contribution in [-0.2, 0) is 0 Å². The third kappa shape index (κ3) is 6.34.